The largest absolute Gasteiger partial charge is 0.493 e. The maximum atomic E-state index is 12.9. The van der Waals surface area contributed by atoms with Crippen LogP contribution in [0, 0.1) is 0 Å². The maximum absolute atomic E-state index is 12.9. The number of nitrogens with one attached hydrogen (secondary N) is 1. The molecule has 2 aromatic rings. The van der Waals surface area contributed by atoms with E-state index in [4.69, 9.17) is 18.9 Å². The zero-order valence-electron chi connectivity index (χ0n) is 17.5. The molecule has 1 fully saturated rings. The van der Waals surface area contributed by atoms with Gasteiger partial charge in [0, 0.05) is 11.1 Å². The molecule has 1 amide bonds. The third-order valence-electron chi connectivity index (χ3n) is 5.29. The van der Waals surface area contributed by atoms with Crippen LogP contribution in [-0.4, -0.2) is 65.4 Å². The van der Waals surface area contributed by atoms with Gasteiger partial charge in [0.15, 0.2) is 23.0 Å². The number of benzene rings is 2. The molecule has 0 aromatic heterocycles. The molecule has 0 saturated carbocycles. The summed E-state index contributed by atoms with van der Waals surface area (Å²) < 4.78 is 21.3. The summed E-state index contributed by atoms with van der Waals surface area (Å²) in [4.78, 5) is 16.2. The number of hydrogen-bond acceptors (Lipinski definition) is 5. The Morgan fingerprint density at radius 1 is 0.828 bits per heavy atom. The van der Waals surface area contributed by atoms with Gasteiger partial charge in [-0.15, -0.1) is 0 Å². The van der Waals surface area contributed by atoms with E-state index in [1.807, 2.05) is 17.0 Å². The summed E-state index contributed by atoms with van der Waals surface area (Å²) >= 11 is 0. The summed E-state index contributed by atoms with van der Waals surface area (Å²) in [6.07, 6.45) is 0. The van der Waals surface area contributed by atoms with Crippen LogP contribution >= 0.6 is 0 Å². The lowest BCUT2D eigenvalue weighted by atomic mass is 10.1. The molecular formula is C22H29N2O5+. The molecule has 7 nitrogen and oxygen atoms in total. The highest BCUT2D eigenvalue weighted by Crippen LogP contribution is 2.28. The SMILES string of the molecule is COc1ccc(C[NH+]2CCN(C(=O)c3ccc(OC)c(OC)c3)CC2)cc1OC. The summed E-state index contributed by atoms with van der Waals surface area (Å²) in [5, 5.41) is 0. The van der Waals surface area contributed by atoms with Crippen LogP contribution < -0.4 is 23.8 Å². The van der Waals surface area contributed by atoms with Gasteiger partial charge < -0.3 is 28.7 Å². The van der Waals surface area contributed by atoms with Gasteiger partial charge in [-0.2, -0.15) is 0 Å². The summed E-state index contributed by atoms with van der Waals surface area (Å²) in [5.74, 6) is 2.68. The van der Waals surface area contributed by atoms with Crippen molar-refractivity contribution in [3.63, 3.8) is 0 Å². The van der Waals surface area contributed by atoms with E-state index in [1.165, 1.54) is 10.5 Å². The van der Waals surface area contributed by atoms with Crippen molar-refractivity contribution in [2.75, 3.05) is 54.6 Å². The summed E-state index contributed by atoms with van der Waals surface area (Å²) in [7, 11) is 6.44. The van der Waals surface area contributed by atoms with Gasteiger partial charge in [-0.1, -0.05) is 0 Å². The number of hydrogen-bond donors (Lipinski definition) is 1. The molecule has 2 aromatic carbocycles. The molecule has 29 heavy (non-hydrogen) atoms. The Morgan fingerprint density at radius 2 is 1.38 bits per heavy atom. The quantitative estimate of drug-likeness (QED) is 0.757. The Balaban J connectivity index is 1.60. The van der Waals surface area contributed by atoms with E-state index in [0.29, 0.717) is 17.1 Å². The fourth-order valence-electron chi connectivity index (χ4n) is 3.63. The van der Waals surface area contributed by atoms with Crippen molar-refractivity contribution in [2.45, 2.75) is 6.54 Å². The minimum Gasteiger partial charge on any atom is -0.493 e. The minimum atomic E-state index is 0.0242. The topological polar surface area (TPSA) is 61.7 Å². The van der Waals surface area contributed by atoms with E-state index in [2.05, 4.69) is 6.07 Å². The molecule has 1 aliphatic rings. The molecule has 1 saturated heterocycles. The summed E-state index contributed by atoms with van der Waals surface area (Å²) in [6, 6.07) is 11.3. The van der Waals surface area contributed by atoms with Crippen molar-refractivity contribution >= 4 is 5.91 Å². The van der Waals surface area contributed by atoms with E-state index in [0.717, 1.165) is 44.2 Å². The number of nitrogens with zero attached hydrogens (tertiary/aromatic N) is 1. The van der Waals surface area contributed by atoms with Crippen molar-refractivity contribution in [2.24, 2.45) is 0 Å². The molecule has 3 rings (SSSR count). The van der Waals surface area contributed by atoms with Crippen LogP contribution in [0.4, 0.5) is 0 Å². The zero-order chi connectivity index (χ0) is 20.8. The Hall–Kier alpha value is -2.93. The first-order valence-corrected chi connectivity index (χ1v) is 9.65. The van der Waals surface area contributed by atoms with E-state index in [9.17, 15) is 4.79 Å². The average Bonchev–Trinajstić information content (AvgIpc) is 2.78. The fourth-order valence-corrected chi connectivity index (χ4v) is 3.63. The van der Waals surface area contributed by atoms with Gasteiger partial charge in [-0.3, -0.25) is 4.79 Å². The Morgan fingerprint density at radius 3 is 1.97 bits per heavy atom. The summed E-state index contributed by atoms with van der Waals surface area (Å²) in [6.45, 7) is 4.12. The van der Waals surface area contributed by atoms with Gasteiger partial charge in [-0.05, 0) is 36.4 Å². The highest BCUT2D eigenvalue weighted by atomic mass is 16.5. The van der Waals surface area contributed by atoms with E-state index < -0.39 is 0 Å². The first-order chi connectivity index (χ1) is 14.1. The van der Waals surface area contributed by atoms with Gasteiger partial charge >= 0.3 is 0 Å². The molecule has 1 aliphatic heterocycles. The predicted molar refractivity (Wildman–Crippen MR) is 109 cm³/mol. The van der Waals surface area contributed by atoms with Gasteiger partial charge in [-0.25, -0.2) is 0 Å². The standard InChI is InChI=1S/C22H28N2O5/c1-26-18-7-5-16(13-20(18)28-3)15-23-9-11-24(12-10-23)22(25)17-6-8-19(27-2)21(14-17)29-4/h5-8,13-14H,9-12,15H2,1-4H3/p+1. The molecule has 0 unspecified atom stereocenters. The smallest absolute Gasteiger partial charge is 0.254 e. The van der Waals surface area contributed by atoms with E-state index in [-0.39, 0.29) is 5.91 Å². The average molecular weight is 401 g/mol. The normalized spacial score (nSPS) is 14.4. The van der Waals surface area contributed by atoms with Crippen molar-refractivity contribution in [3.05, 3.63) is 47.5 Å². The lowest BCUT2D eigenvalue weighted by molar-refractivity contribution is -0.917. The number of quaternary nitrogens is 1. The van der Waals surface area contributed by atoms with Gasteiger partial charge in [0.25, 0.3) is 5.91 Å². The lowest BCUT2D eigenvalue weighted by Crippen LogP contribution is -3.13. The highest BCUT2D eigenvalue weighted by molar-refractivity contribution is 5.95. The fraction of sp³-hybridized carbons (Fsp3) is 0.409. The molecule has 156 valence electrons. The predicted octanol–water partition coefficient (Wildman–Crippen LogP) is 1.26. The van der Waals surface area contributed by atoms with Gasteiger partial charge in [0.1, 0.15) is 6.54 Å². The third-order valence-corrected chi connectivity index (χ3v) is 5.29. The molecule has 0 aliphatic carbocycles. The Bertz CT molecular complexity index is 847. The molecule has 1 N–H and O–H groups in total. The second kappa shape index (κ2) is 9.52. The van der Waals surface area contributed by atoms with Crippen LogP contribution in [-0.2, 0) is 6.54 Å². The number of carbonyl (C=O) groups excluding carboxylic acids is 1. The highest BCUT2D eigenvalue weighted by Gasteiger charge is 2.25. The molecule has 1 heterocycles. The summed E-state index contributed by atoms with van der Waals surface area (Å²) in [5.41, 5.74) is 1.81. The maximum Gasteiger partial charge on any atom is 0.254 e. The van der Waals surface area contributed by atoms with Crippen molar-refractivity contribution in [1.82, 2.24) is 4.90 Å². The molecule has 0 radical (unpaired) electrons. The monoisotopic (exact) mass is 401 g/mol. The van der Waals surface area contributed by atoms with Crippen LogP contribution in [0.2, 0.25) is 0 Å². The van der Waals surface area contributed by atoms with Crippen LogP contribution in [0.25, 0.3) is 0 Å². The third kappa shape index (κ3) is 4.74. The number of ether oxygens (including phenoxy) is 4. The van der Waals surface area contributed by atoms with Crippen LogP contribution in [0.15, 0.2) is 36.4 Å². The van der Waals surface area contributed by atoms with E-state index >= 15 is 0 Å². The van der Waals surface area contributed by atoms with Crippen LogP contribution in [0.5, 0.6) is 23.0 Å². The number of carbonyl (C=O) groups is 1. The molecule has 0 bridgehead atoms. The number of methoxy groups -OCH3 is 4. The van der Waals surface area contributed by atoms with Crippen molar-refractivity contribution in [3.8, 4) is 23.0 Å². The Kier molecular flexibility index (Phi) is 6.82. The molecule has 0 spiro atoms. The molecular weight excluding hydrogens is 372 g/mol. The number of amides is 1. The minimum absolute atomic E-state index is 0.0242. The molecule has 7 heteroatoms. The Labute approximate surface area is 171 Å². The van der Waals surface area contributed by atoms with Gasteiger partial charge in [0.2, 0.25) is 0 Å². The van der Waals surface area contributed by atoms with Crippen LogP contribution in [0.3, 0.4) is 0 Å². The first-order valence-electron chi connectivity index (χ1n) is 9.65. The first kappa shape index (κ1) is 20.8. The molecule has 0 atom stereocenters. The number of piperazine rings is 1. The second-order valence-corrected chi connectivity index (χ2v) is 6.98. The zero-order valence-corrected chi connectivity index (χ0v) is 17.5. The number of rotatable bonds is 7. The van der Waals surface area contributed by atoms with E-state index in [1.54, 1.807) is 46.6 Å². The van der Waals surface area contributed by atoms with Crippen molar-refractivity contribution in [1.29, 1.82) is 0 Å². The van der Waals surface area contributed by atoms with Crippen molar-refractivity contribution < 1.29 is 28.6 Å². The van der Waals surface area contributed by atoms with Gasteiger partial charge in [0.05, 0.1) is 54.6 Å². The lowest BCUT2D eigenvalue weighted by Gasteiger charge is -2.32. The second-order valence-electron chi connectivity index (χ2n) is 6.98. The van der Waals surface area contributed by atoms with Crippen LogP contribution in [0.1, 0.15) is 15.9 Å².